The number of morpholine rings is 1. The molecule has 0 saturated carbocycles. The fraction of sp³-hybridized carbons (Fsp3) is 0.333. The van der Waals surface area contributed by atoms with Crippen molar-refractivity contribution < 1.29 is 13.9 Å². The number of carbonyl (C=O) groups is 1. The molecule has 2 heterocycles. The van der Waals surface area contributed by atoms with E-state index in [2.05, 4.69) is 15.6 Å². The minimum Gasteiger partial charge on any atom is -0.444 e. The SMILES string of the molecule is Cc1coc(-c2cccc(NC(=O)C3CNCCO3)c2)n1. The van der Waals surface area contributed by atoms with Crippen LogP contribution >= 0.6 is 0 Å². The van der Waals surface area contributed by atoms with Gasteiger partial charge in [0.25, 0.3) is 5.91 Å². The predicted octanol–water partition coefficient (Wildman–Crippen LogP) is 1.58. The smallest absolute Gasteiger partial charge is 0.254 e. The van der Waals surface area contributed by atoms with Crippen LogP contribution < -0.4 is 10.6 Å². The Morgan fingerprint density at radius 1 is 1.48 bits per heavy atom. The van der Waals surface area contributed by atoms with Gasteiger partial charge in [-0.1, -0.05) is 6.07 Å². The summed E-state index contributed by atoms with van der Waals surface area (Å²) >= 11 is 0. The van der Waals surface area contributed by atoms with Gasteiger partial charge >= 0.3 is 0 Å². The zero-order chi connectivity index (χ0) is 14.7. The van der Waals surface area contributed by atoms with Gasteiger partial charge in [-0.15, -0.1) is 0 Å². The van der Waals surface area contributed by atoms with Crippen LogP contribution in [0.3, 0.4) is 0 Å². The molecular weight excluding hydrogens is 270 g/mol. The maximum atomic E-state index is 12.1. The van der Waals surface area contributed by atoms with E-state index in [1.165, 1.54) is 0 Å². The lowest BCUT2D eigenvalue weighted by molar-refractivity contribution is -0.128. The maximum Gasteiger partial charge on any atom is 0.254 e. The third-order valence-electron chi connectivity index (χ3n) is 3.22. The van der Waals surface area contributed by atoms with Crippen molar-refractivity contribution in [2.24, 2.45) is 0 Å². The first kappa shape index (κ1) is 13.8. The number of nitrogens with one attached hydrogen (secondary N) is 2. The van der Waals surface area contributed by atoms with E-state index < -0.39 is 6.10 Å². The van der Waals surface area contributed by atoms with E-state index in [4.69, 9.17) is 9.15 Å². The second-order valence-electron chi connectivity index (χ2n) is 4.93. The average Bonchev–Trinajstić information content (AvgIpc) is 2.95. The van der Waals surface area contributed by atoms with Gasteiger partial charge in [0, 0.05) is 24.3 Å². The Kier molecular flexibility index (Phi) is 3.98. The number of benzene rings is 1. The summed E-state index contributed by atoms with van der Waals surface area (Å²) < 4.78 is 10.8. The Morgan fingerprint density at radius 2 is 2.38 bits per heavy atom. The topological polar surface area (TPSA) is 76.4 Å². The summed E-state index contributed by atoms with van der Waals surface area (Å²) in [5, 5.41) is 5.99. The minimum atomic E-state index is -0.452. The van der Waals surface area contributed by atoms with Crippen molar-refractivity contribution in [3.63, 3.8) is 0 Å². The molecule has 1 aromatic heterocycles. The Morgan fingerprint density at radius 3 is 3.10 bits per heavy atom. The number of anilines is 1. The summed E-state index contributed by atoms with van der Waals surface area (Å²) in [6, 6.07) is 7.40. The highest BCUT2D eigenvalue weighted by Gasteiger charge is 2.21. The van der Waals surface area contributed by atoms with E-state index in [9.17, 15) is 4.79 Å². The molecule has 2 N–H and O–H groups in total. The summed E-state index contributed by atoms with van der Waals surface area (Å²) in [5.41, 5.74) is 2.34. The first-order valence-electron chi connectivity index (χ1n) is 6.88. The van der Waals surface area contributed by atoms with Gasteiger partial charge in [0.15, 0.2) is 0 Å². The number of nitrogens with zero attached hydrogens (tertiary/aromatic N) is 1. The number of carbonyl (C=O) groups excluding carboxylic acids is 1. The molecule has 1 aromatic carbocycles. The normalized spacial score (nSPS) is 18.4. The summed E-state index contributed by atoms with van der Waals surface area (Å²) in [6.45, 7) is 3.73. The Bertz CT molecular complexity index is 633. The molecule has 1 aliphatic rings. The second-order valence-corrected chi connectivity index (χ2v) is 4.93. The van der Waals surface area contributed by atoms with Crippen LogP contribution in [0.1, 0.15) is 5.69 Å². The molecule has 0 bridgehead atoms. The van der Waals surface area contributed by atoms with Crippen molar-refractivity contribution in [2.45, 2.75) is 13.0 Å². The largest absolute Gasteiger partial charge is 0.444 e. The molecule has 1 atom stereocenters. The Hall–Kier alpha value is -2.18. The average molecular weight is 287 g/mol. The molecule has 1 saturated heterocycles. The third-order valence-corrected chi connectivity index (χ3v) is 3.22. The molecule has 1 aliphatic heterocycles. The van der Waals surface area contributed by atoms with Crippen LogP contribution in [-0.4, -0.2) is 36.7 Å². The van der Waals surface area contributed by atoms with Crippen LogP contribution in [0.4, 0.5) is 5.69 Å². The highest BCUT2D eigenvalue weighted by atomic mass is 16.5. The second kappa shape index (κ2) is 6.07. The van der Waals surface area contributed by atoms with E-state index in [0.29, 0.717) is 24.7 Å². The Balaban J connectivity index is 1.72. The molecule has 1 fully saturated rings. The van der Waals surface area contributed by atoms with Gasteiger partial charge in [-0.05, 0) is 25.1 Å². The van der Waals surface area contributed by atoms with Crippen LogP contribution in [0.15, 0.2) is 34.9 Å². The molecule has 3 rings (SSSR count). The number of aryl methyl sites for hydroxylation is 1. The standard InChI is InChI=1S/C15H17N3O3/c1-10-9-21-15(17-10)11-3-2-4-12(7-11)18-14(19)13-8-16-5-6-20-13/h2-4,7,9,13,16H,5-6,8H2,1H3,(H,18,19). The number of rotatable bonds is 3. The molecule has 21 heavy (non-hydrogen) atoms. The van der Waals surface area contributed by atoms with Gasteiger partial charge in [0.2, 0.25) is 5.89 Å². The fourth-order valence-corrected chi connectivity index (χ4v) is 2.17. The van der Waals surface area contributed by atoms with E-state index in [-0.39, 0.29) is 5.91 Å². The van der Waals surface area contributed by atoms with Gasteiger partial charge in [-0.3, -0.25) is 4.79 Å². The molecule has 6 heteroatoms. The van der Waals surface area contributed by atoms with Crippen LogP contribution in [0.5, 0.6) is 0 Å². The van der Waals surface area contributed by atoms with Crippen molar-refractivity contribution in [1.82, 2.24) is 10.3 Å². The van der Waals surface area contributed by atoms with Crippen molar-refractivity contribution in [3.05, 3.63) is 36.2 Å². The Labute approximate surface area is 122 Å². The maximum absolute atomic E-state index is 12.1. The van der Waals surface area contributed by atoms with E-state index >= 15 is 0 Å². The molecular formula is C15H17N3O3. The van der Waals surface area contributed by atoms with Crippen LogP contribution in [-0.2, 0) is 9.53 Å². The lowest BCUT2D eigenvalue weighted by Gasteiger charge is -2.22. The van der Waals surface area contributed by atoms with Gasteiger partial charge in [0.05, 0.1) is 12.3 Å². The van der Waals surface area contributed by atoms with Crippen LogP contribution in [0, 0.1) is 6.92 Å². The van der Waals surface area contributed by atoms with Gasteiger partial charge in [0.1, 0.15) is 12.4 Å². The molecule has 0 spiro atoms. The van der Waals surface area contributed by atoms with Crippen molar-refractivity contribution in [1.29, 1.82) is 0 Å². The summed E-state index contributed by atoms with van der Waals surface area (Å²) in [5.74, 6) is 0.391. The molecule has 1 unspecified atom stereocenters. The van der Waals surface area contributed by atoms with E-state index in [0.717, 1.165) is 17.8 Å². The number of hydrogen-bond acceptors (Lipinski definition) is 5. The zero-order valence-electron chi connectivity index (χ0n) is 11.8. The molecule has 0 aliphatic carbocycles. The lowest BCUT2D eigenvalue weighted by atomic mass is 10.2. The van der Waals surface area contributed by atoms with E-state index in [1.54, 1.807) is 6.26 Å². The molecule has 110 valence electrons. The van der Waals surface area contributed by atoms with Gasteiger partial charge in [-0.2, -0.15) is 0 Å². The quantitative estimate of drug-likeness (QED) is 0.896. The van der Waals surface area contributed by atoms with Gasteiger partial charge < -0.3 is 19.8 Å². The number of hydrogen-bond donors (Lipinski definition) is 2. The lowest BCUT2D eigenvalue weighted by Crippen LogP contribution is -2.45. The summed E-state index contributed by atoms with van der Waals surface area (Å²) in [4.78, 5) is 16.4. The van der Waals surface area contributed by atoms with E-state index in [1.807, 2.05) is 31.2 Å². The minimum absolute atomic E-state index is 0.150. The van der Waals surface area contributed by atoms with Crippen molar-refractivity contribution >= 4 is 11.6 Å². The first-order valence-corrected chi connectivity index (χ1v) is 6.88. The molecule has 0 radical (unpaired) electrons. The first-order chi connectivity index (χ1) is 10.2. The van der Waals surface area contributed by atoms with Crippen molar-refractivity contribution in [2.75, 3.05) is 25.0 Å². The van der Waals surface area contributed by atoms with Crippen LogP contribution in [0.2, 0.25) is 0 Å². The number of ether oxygens (including phenoxy) is 1. The summed E-state index contributed by atoms with van der Waals surface area (Å²) in [6.07, 6.45) is 1.15. The highest BCUT2D eigenvalue weighted by molar-refractivity contribution is 5.94. The number of amides is 1. The van der Waals surface area contributed by atoms with Crippen LogP contribution in [0.25, 0.3) is 11.5 Å². The molecule has 2 aromatic rings. The highest BCUT2D eigenvalue weighted by Crippen LogP contribution is 2.22. The molecule has 6 nitrogen and oxygen atoms in total. The molecule has 1 amide bonds. The number of oxazole rings is 1. The monoisotopic (exact) mass is 287 g/mol. The zero-order valence-corrected chi connectivity index (χ0v) is 11.8. The summed E-state index contributed by atoms with van der Waals surface area (Å²) in [7, 11) is 0. The predicted molar refractivity (Wildman–Crippen MR) is 77.9 cm³/mol. The number of aromatic nitrogens is 1. The fourth-order valence-electron chi connectivity index (χ4n) is 2.17. The van der Waals surface area contributed by atoms with Crippen molar-refractivity contribution in [3.8, 4) is 11.5 Å². The van der Waals surface area contributed by atoms with Gasteiger partial charge in [-0.25, -0.2) is 4.98 Å². The third kappa shape index (κ3) is 3.29.